The van der Waals surface area contributed by atoms with Crippen LogP contribution < -0.4 is 5.32 Å². The minimum Gasteiger partial charge on any atom is -0.381 e. The average molecular weight is 197 g/mol. The molecule has 1 atom stereocenters. The van der Waals surface area contributed by atoms with Gasteiger partial charge < -0.3 is 10.1 Å². The molecule has 14 heavy (non-hydrogen) atoms. The Morgan fingerprint density at radius 3 is 2.64 bits per heavy atom. The monoisotopic (exact) mass is 197 g/mol. The molecular formula is C12H23NO. The zero-order valence-electron chi connectivity index (χ0n) is 9.13. The van der Waals surface area contributed by atoms with Gasteiger partial charge in [-0.05, 0) is 44.6 Å². The van der Waals surface area contributed by atoms with Crippen molar-refractivity contribution in [2.24, 2.45) is 5.92 Å². The summed E-state index contributed by atoms with van der Waals surface area (Å²) in [7, 11) is 0. The molecule has 2 nitrogen and oxygen atoms in total. The largest absolute Gasteiger partial charge is 0.381 e. The molecule has 2 rings (SSSR count). The summed E-state index contributed by atoms with van der Waals surface area (Å²) in [4.78, 5) is 0. The maximum Gasteiger partial charge on any atom is 0.0480 e. The van der Waals surface area contributed by atoms with Crippen LogP contribution in [0.25, 0.3) is 0 Å². The van der Waals surface area contributed by atoms with Crippen molar-refractivity contribution in [3.8, 4) is 0 Å². The average Bonchev–Trinajstić information content (AvgIpc) is 2.58. The highest BCUT2D eigenvalue weighted by Crippen LogP contribution is 2.24. The maximum absolute atomic E-state index is 5.46. The van der Waals surface area contributed by atoms with Gasteiger partial charge in [-0.25, -0.2) is 0 Å². The van der Waals surface area contributed by atoms with E-state index in [9.17, 15) is 0 Å². The van der Waals surface area contributed by atoms with Crippen molar-refractivity contribution in [3.05, 3.63) is 0 Å². The lowest BCUT2D eigenvalue weighted by Crippen LogP contribution is -2.32. The molecule has 1 saturated heterocycles. The van der Waals surface area contributed by atoms with Crippen LogP contribution in [0.15, 0.2) is 0 Å². The second-order valence-electron chi connectivity index (χ2n) is 4.80. The smallest absolute Gasteiger partial charge is 0.0480 e. The quantitative estimate of drug-likeness (QED) is 0.750. The van der Waals surface area contributed by atoms with E-state index in [1.807, 2.05) is 0 Å². The first-order chi connectivity index (χ1) is 6.95. The van der Waals surface area contributed by atoms with Crippen molar-refractivity contribution in [2.75, 3.05) is 19.8 Å². The van der Waals surface area contributed by atoms with Gasteiger partial charge in [0, 0.05) is 19.3 Å². The van der Waals surface area contributed by atoms with Gasteiger partial charge in [0.1, 0.15) is 0 Å². The van der Waals surface area contributed by atoms with E-state index in [-0.39, 0.29) is 0 Å². The lowest BCUT2D eigenvalue weighted by Gasteiger charge is -2.18. The molecule has 1 heterocycles. The first-order valence-corrected chi connectivity index (χ1v) is 6.26. The van der Waals surface area contributed by atoms with Crippen molar-refractivity contribution < 1.29 is 4.74 Å². The molecule has 1 aliphatic heterocycles. The number of hydrogen-bond acceptors (Lipinski definition) is 2. The van der Waals surface area contributed by atoms with E-state index in [0.717, 1.165) is 25.2 Å². The molecule has 2 aliphatic rings. The van der Waals surface area contributed by atoms with Crippen LogP contribution in [-0.2, 0) is 4.74 Å². The topological polar surface area (TPSA) is 21.3 Å². The Bertz CT molecular complexity index is 146. The van der Waals surface area contributed by atoms with Crippen LogP contribution in [0.4, 0.5) is 0 Å². The van der Waals surface area contributed by atoms with Crippen LogP contribution in [0.1, 0.15) is 44.9 Å². The Morgan fingerprint density at radius 1 is 0.929 bits per heavy atom. The van der Waals surface area contributed by atoms with Crippen LogP contribution in [0.3, 0.4) is 0 Å². The third kappa shape index (κ3) is 3.25. The lowest BCUT2D eigenvalue weighted by molar-refractivity contribution is 0.142. The predicted molar refractivity (Wildman–Crippen MR) is 58.4 cm³/mol. The summed E-state index contributed by atoms with van der Waals surface area (Å²) in [5.74, 6) is 0.971. The van der Waals surface area contributed by atoms with Gasteiger partial charge in [-0.15, -0.1) is 0 Å². The molecule has 0 amide bonds. The molecule has 2 heteroatoms. The van der Waals surface area contributed by atoms with E-state index >= 15 is 0 Å². The van der Waals surface area contributed by atoms with E-state index in [1.54, 1.807) is 0 Å². The van der Waals surface area contributed by atoms with Gasteiger partial charge >= 0.3 is 0 Å². The molecule has 0 spiro atoms. The van der Waals surface area contributed by atoms with Crippen molar-refractivity contribution in [1.29, 1.82) is 0 Å². The van der Waals surface area contributed by atoms with E-state index < -0.39 is 0 Å². The number of hydrogen-bond donors (Lipinski definition) is 1. The molecule has 1 saturated carbocycles. The maximum atomic E-state index is 5.46. The number of rotatable bonds is 3. The number of nitrogens with one attached hydrogen (secondary N) is 1. The second-order valence-corrected chi connectivity index (χ2v) is 4.80. The molecule has 0 bridgehead atoms. The third-order valence-electron chi connectivity index (χ3n) is 3.62. The molecule has 0 radical (unpaired) electrons. The Labute approximate surface area is 87.4 Å². The highest BCUT2D eigenvalue weighted by molar-refractivity contribution is 4.74. The molecule has 0 aromatic carbocycles. The Kier molecular flexibility index (Phi) is 4.26. The van der Waals surface area contributed by atoms with Gasteiger partial charge in [0.15, 0.2) is 0 Å². The molecule has 0 aromatic heterocycles. The Balaban J connectivity index is 1.62. The standard InChI is InChI=1S/C12H23NO/c1-2-5-11(4-1)10-13-12-6-3-8-14-9-7-12/h11-13H,1-10H2. The Hall–Kier alpha value is -0.0800. The summed E-state index contributed by atoms with van der Waals surface area (Å²) >= 11 is 0. The summed E-state index contributed by atoms with van der Waals surface area (Å²) in [6.07, 6.45) is 9.59. The fourth-order valence-corrected chi connectivity index (χ4v) is 2.66. The van der Waals surface area contributed by atoms with Crippen LogP contribution in [0.5, 0.6) is 0 Å². The van der Waals surface area contributed by atoms with Crippen LogP contribution in [0.2, 0.25) is 0 Å². The SMILES string of the molecule is C1CCC(CNC2CCCOCC2)C1. The normalized spacial score (nSPS) is 30.4. The number of ether oxygens (including phenoxy) is 1. The summed E-state index contributed by atoms with van der Waals surface area (Å²) < 4.78 is 5.46. The highest BCUT2D eigenvalue weighted by atomic mass is 16.5. The molecule has 82 valence electrons. The summed E-state index contributed by atoms with van der Waals surface area (Å²) in [6.45, 7) is 3.19. The molecule has 1 N–H and O–H groups in total. The Morgan fingerprint density at radius 2 is 1.79 bits per heavy atom. The van der Waals surface area contributed by atoms with Crippen molar-refractivity contribution >= 4 is 0 Å². The van der Waals surface area contributed by atoms with Gasteiger partial charge in [0.25, 0.3) is 0 Å². The second kappa shape index (κ2) is 5.72. The van der Waals surface area contributed by atoms with Crippen LogP contribution >= 0.6 is 0 Å². The highest BCUT2D eigenvalue weighted by Gasteiger charge is 2.17. The van der Waals surface area contributed by atoms with Crippen molar-refractivity contribution in [1.82, 2.24) is 5.32 Å². The van der Waals surface area contributed by atoms with E-state index in [0.29, 0.717) is 0 Å². The van der Waals surface area contributed by atoms with E-state index in [1.165, 1.54) is 51.5 Å². The fourth-order valence-electron chi connectivity index (χ4n) is 2.66. The van der Waals surface area contributed by atoms with Gasteiger partial charge in [0.05, 0.1) is 0 Å². The third-order valence-corrected chi connectivity index (χ3v) is 3.62. The van der Waals surface area contributed by atoms with Gasteiger partial charge in [-0.3, -0.25) is 0 Å². The first kappa shape index (κ1) is 10.4. The van der Waals surface area contributed by atoms with Gasteiger partial charge in [-0.1, -0.05) is 12.8 Å². The van der Waals surface area contributed by atoms with Crippen LogP contribution in [0, 0.1) is 5.92 Å². The lowest BCUT2D eigenvalue weighted by atomic mass is 10.1. The van der Waals surface area contributed by atoms with Crippen molar-refractivity contribution in [3.63, 3.8) is 0 Å². The first-order valence-electron chi connectivity index (χ1n) is 6.26. The molecule has 1 aliphatic carbocycles. The molecule has 1 unspecified atom stereocenters. The minimum absolute atomic E-state index is 0.734. The fraction of sp³-hybridized carbons (Fsp3) is 1.00. The minimum atomic E-state index is 0.734. The van der Waals surface area contributed by atoms with Gasteiger partial charge in [0.2, 0.25) is 0 Å². The van der Waals surface area contributed by atoms with Gasteiger partial charge in [-0.2, -0.15) is 0 Å². The summed E-state index contributed by atoms with van der Waals surface area (Å²) in [5.41, 5.74) is 0. The zero-order valence-corrected chi connectivity index (χ0v) is 9.13. The van der Waals surface area contributed by atoms with E-state index in [4.69, 9.17) is 4.74 Å². The van der Waals surface area contributed by atoms with Crippen molar-refractivity contribution in [2.45, 2.75) is 51.0 Å². The predicted octanol–water partition coefficient (Wildman–Crippen LogP) is 2.34. The van der Waals surface area contributed by atoms with Crippen LogP contribution in [-0.4, -0.2) is 25.8 Å². The zero-order chi connectivity index (χ0) is 9.64. The summed E-state index contributed by atoms with van der Waals surface area (Å²) in [6, 6.07) is 0.734. The molecule has 2 fully saturated rings. The molecular weight excluding hydrogens is 174 g/mol. The van der Waals surface area contributed by atoms with E-state index in [2.05, 4.69) is 5.32 Å². The summed E-state index contributed by atoms with van der Waals surface area (Å²) in [5, 5.41) is 3.72. The molecule has 0 aromatic rings.